The average molecular weight is 379 g/mol. The zero-order chi connectivity index (χ0) is 20.1. The maximum Gasteiger partial charge on any atom is 0.287 e. The van der Waals surface area contributed by atoms with Gasteiger partial charge in [-0.2, -0.15) is 0 Å². The summed E-state index contributed by atoms with van der Waals surface area (Å²) in [6.45, 7) is 0. The summed E-state index contributed by atoms with van der Waals surface area (Å²) in [4.78, 5) is 50.3. The summed E-state index contributed by atoms with van der Waals surface area (Å²) in [5.41, 5.74) is 6.55. The van der Waals surface area contributed by atoms with Gasteiger partial charge >= 0.3 is 0 Å². The van der Waals surface area contributed by atoms with Gasteiger partial charge in [0.25, 0.3) is 5.91 Å². The number of carbonyl (C=O) groups is 4. The van der Waals surface area contributed by atoms with Crippen molar-refractivity contribution in [1.29, 1.82) is 0 Å². The number of amides is 3. The molecular formula is C21H21N3O4. The number of primary amides is 1. The van der Waals surface area contributed by atoms with E-state index in [2.05, 4.69) is 5.32 Å². The minimum absolute atomic E-state index is 0.139. The first-order valence-corrected chi connectivity index (χ1v) is 9.02. The van der Waals surface area contributed by atoms with Crippen LogP contribution in [0.3, 0.4) is 0 Å². The lowest BCUT2D eigenvalue weighted by Crippen LogP contribution is -2.53. The van der Waals surface area contributed by atoms with Gasteiger partial charge in [0.1, 0.15) is 12.1 Å². The van der Waals surface area contributed by atoms with Crippen LogP contribution in [0.15, 0.2) is 60.7 Å². The first-order chi connectivity index (χ1) is 13.5. The molecule has 0 aliphatic carbocycles. The van der Waals surface area contributed by atoms with Crippen molar-refractivity contribution in [3.05, 3.63) is 66.2 Å². The summed E-state index contributed by atoms with van der Waals surface area (Å²) in [7, 11) is 0. The maximum absolute atomic E-state index is 12.9. The minimum atomic E-state index is -1.11. The van der Waals surface area contributed by atoms with E-state index >= 15 is 0 Å². The number of hydrogen-bond acceptors (Lipinski definition) is 4. The van der Waals surface area contributed by atoms with Gasteiger partial charge in [-0.25, -0.2) is 0 Å². The summed E-state index contributed by atoms with van der Waals surface area (Å²) >= 11 is 0. The summed E-state index contributed by atoms with van der Waals surface area (Å²) < 4.78 is 0. The van der Waals surface area contributed by atoms with E-state index in [4.69, 9.17) is 5.73 Å². The molecule has 3 N–H and O–H groups in total. The Morgan fingerprint density at radius 3 is 2.25 bits per heavy atom. The fourth-order valence-electron chi connectivity index (χ4n) is 3.34. The molecule has 0 aromatic heterocycles. The standard InChI is InChI=1S/C21H21N3O4/c22-20(27)19(26)16(13-14-7-3-1-4-8-14)23-21(28)17-11-12-18(25)24(17)15-9-5-2-6-10-15/h1-10,16-17H,11-13H2,(H2,22,27)(H,23,28)/t16?,17-/m1/s1. The molecule has 1 heterocycles. The van der Waals surface area contributed by atoms with Crippen LogP contribution in [0, 0.1) is 0 Å². The molecule has 1 aliphatic heterocycles. The normalized spacial score (nSPS) is 17.2. The zero-order valence-electron chi connectivity index (χ0n) is 15.2. The molecule has 3 rings (SSSR count). The fourth-order valence-corrected chi connectivity index (χ4v) is 3.34. The van der Waals surface area contributed by atoms with Crippen molar-refractivity contribution < 1.29 is 19.2 Å². The SMILES string of the molecule is NC(=O)C(=O)C(Cc1ccccc1)NC(=O)[C@H]1CCC(=O)N1c1ccccc1. The average Bonchev–Trinajstić information content (AvgIpc) is 3.09. The van der Waals surface area contributed by atoms with Gasteiger partial charge in [-0.15, -0.1) is 0 Å². The van der Waals surface area contributed by atoms with Gasteiger partial charge in [0.05, 0.1) is 0 Å². The first kappa shape index (κ1) is 19.3. The molecule has 0 spiro atoms. The molecule has 1 fully saturated rings. The third-order valence-corrected chi connectivity index (χ3v) is 4.71. The number of para-hydroxylation sites is 1. The summed E-state index contributed by atoms with van der Waals surface area (Å²) in [6.07, 6.45) is 0.711. The van der Waals surface area contributed by atoms with Crippen molar-refractivity contribution in [3.8, 4) is 0 Å². The molecule has 0 saturated carbocycles. The second-order valence-electron chi connectivity index (χ2n) is 6.63. The molecule has 1 unspecified atom stereocenters. The highest BCUT2D eigenvalue weighted by atomic mass is 16.2. The number of rotatable bonds is 7. The summed E-state index contributed by atoms with van der Waals surface area (Å²) in [6, 6.07) is 16.1. The molecule has 0 radical (unpaired) electrons. The second kappa shape index (κ2) is 8.47. The molecule has 0 bridgehead atoms. The highest BCUT2D eigenvalue weighted by Gasteiger charge is 2.38. The number of nitrogens with two attached hydrogens (primary N) is 1. The van der Waals surface area contributed by atoms with Gasteiger partial charge in [-0.1, -0.05) is 48.5 Å². The topological polar surface area (TPSA) is 110 Å². The Bertz CT molecular complexity index is 883. The third kappa shape index (κ3) is 4.25. The van der Waals surface area contributed by atoms with E-state index < -0.39 is 29.7 Å². The molecular weight excluding hydrogens is 358 g/mol. The second-order valence-corrected chi connectivity index (χ2v) is 6.63. The van der Waals surface area contributed by atoms with Crippen LogP contribution in [-0.2, 0) is 25.6 Å². The number of Topliss-reactive ketones (excluding diaryl/α,β-unsaturated/α-hetero) is 1. The van der Waals surface area contributed by atoms with Gasteiger partial charge in [-0.3, -0.25) is 24.1 Å². The number of hydrogen-bond donors (Lipinski definition) is 2. The largest absolute Gasteiger partial charge is 0.363 e. The van der Waals surface area contributed by atoms with Crippen LogP contribution in [-0.4, -0.2) is 35.6 Å². The Hall–Kier alpha value is -3.48. The molecule has 7 heteroatoms. The lowest BCUT2D eigenvalue weighted by atomic mass is 10.0. The van der Waals surface area contributed by atoms with Crippen LogP contribution >= 0.6 is 0 Å². The van der Waals surface area contributed by atoms with E-state index in [1.165, 1.54) is 4.90 Å². The number of ketones is 1. The van der Waals surface area contributed by atoms with Gasteiger partial charge in [0.2, 0.25) is 17.6 Å². The van der Waals surface area contributed by atoms with Gasteiger partial charge in [-0.05, 0) is 24.1 Å². The van der Waals surface area contributed by atoms with Crippen LogP contribution in [0.2, 0.25) is 0 Å². The van der Waals surface area contributed by atoms with Crippen LogP contribution in [0.5, 0.6) is 0 Å². The van der Waals surface area contributed by atoms with Crippen molar-refractivity contribution in [3.63, 3.8) is 0 Å². The number of nitrogens with zero attached hydrogens (tertiary/aromatic N) is 1. The number of benzene rings is 2. The Labute approximate surface area is 162 Å². The predicted molar refractivity (Wildman–Crippen MR) is 103 cm³/mol. The molecule has 7 nitrogen and oxygen atoms in total. The molecule has 1 saturated heterocycles. The Balaban J connectivity index is 1.79. The van der Waals surface area contributed by atoms with E-state index in [9.17, 15) is 19.2 Å². The highest BCUT2D eigenvalue weighted by Crippen LogP contribution is 2.26. The molecule has 144 valence electrons. The third-order valence-electron chi connectivity index (χ3n) is 4.71. The van der Waals surface area contributed by atoms with Crippen LogP contribution in [0.4, 0.5) is 5.69 Å². The van der Waals surface area contributed by atoms with E-state index in [0.29, 0.717) is 12.1 Å². The van der Waals surface area contributed by atoms with Crippen molar-refractivity contribution in [2.24, 2.45) is 5.73 Å². The molecule has 1 aliphatic rings. The molecule has 2 aromatic rings. The van der Waals surface area contributed by atoms with Crippen molar-refractivity contribution in [1.82, 2.24) is 5.32 Å². The number of carbonyl (C=O) groups excluding carboxylic acids is 4. The van der Waals surface area contributed by atoms with Crippen molar-refractivity contribution >= 4 is 29.2 Å². The zero-order valence-corrected chi connectivity index (χ0v) is 15.2. The summed E-state index contributed by atoms with van der Waals surface area (Å²) in [5, 5.41) is 2.63. The van der Waals surface area contributed by atoms with Gasteiger partial charge in [0.15, 0.2) is 0 Å². The van der Waals surface area contributed by atoms with E-state index in [1.54, 1.807) is 48.5 Å². The molecule has 2 aromatic carbocycles. The smallest absolute Gasteiger partial charge is 0.287 e. The minimum Gasteiger partial charge on any atom is -0.363 e. The van der Waals surface area contributed by atoms with Gasteiger partial charge < -0.3 is 11.1 Å². The van der Waals surface area contributed by atoms with Crippen molar-refractivity contribution in [2.45, 2.75) is 31.3 Å². The highest BCUT2D eigenvalue weighted by molar-refractivity contribution is 6.38. The number of anilines is 1. The van der Waals surface area contributed by atoms with Crippen LogP contribution in [0.1, 0.15) is 18.4 Å². The lowest BCUT2D eigenvalue weighted by Gasteiger charge is -2.26. The molecule has 28 heavy (non-hydrogen) atoms. The van der Waals surface area contributed by atoms with Crippen LogP contribution < -0.4 is 16.0 Å². The first-order valence-electron chi connectivity index (χ1n) is 9.02. The predicted octanol–water partition coefficient (Wildman–Crippen LogP) is 0.964. The quantitative estimate of drug-likeness (QED) is 0.698. The summed E-state index contributed by atoms with van der Waals surface area (Å²) in [5.74, 6) is -2.62. The Morgan fingerprint density at radius 2 is 1.64 bits per heavy atom. The van der Waals surface area contributed by atoms with E-state index in [0.717, 1.165) is 5.56 Å². The molecule has 2 atom stereocenters. The lowest BCUT2D eigenvalue weighted by molar-refractivity contribution is -0.138. The molecule has 3 amide bonds. The van der Waals surface area contributed by atoms with Crippen molar-refractivity contribution in [2.75, 3.05) is 4.90 Å². The van der Waals surface area contributed by atoms with Crippen LogP contribution in [0.25, 0.3) is 0 Å². The van der Waals surface area contributed by atoms with Gasteiger partial charge in [0, 0.05) is 18.5 Å². The number of nitrogens with one attached hydrogen (secondary N) is 1. The Kier molecular flexibility index (Phi) is 5.84. The van der Waals surface area contributed by atoms with E-state index in [-0.39, 0.29) is 18.7 Å². The fraction of sp³-hybridized carbons (Fsp3) is 0.238. The Morgan fingerprint density at radius 1 is 1.04 bits per heavy atom. The van der Waals surface area contributed by atoms with E-state index in [1.807, 2.05) is 12.1 Å². The monoisotopic (exact) mass is 379 g/mol. The maximum atomic E-state index is 12.9.